The van der Waals surface area contributed by atoms with E-state index in [1.165, 1.54) is 4.31 Å². The van der Waals surface area contributed by atoms with Crippen LogP contribution in [0.1, 0.15) is 39.5 Å². The van der Waals surface area contributed by atoms with Crippen LogP contribution in [0.15, 0.2) is 23.1 Å². The predicted octanol–water partition coefficient (Wildman–Crippen LogP) is 2.04. The zero-order valence-electron chi connectivity index (χ0n) is 18.9. The molecule has 0 saturated carbocycles. The molecular weight excluding hydrogens is 438 g/mol. The van der Waals surface area contributed by atoms with Crippen molar-refractivity contribution in [3.05, 3.63) is 29.8 Å². The van der Waals surface area contributed by atoms with Gasteiger partial charge in [-0.25, -0.2) is 17.2 Å². The third-order valence-electron chi connectivity index (χ3n) is 6.56. The van der Waals surface area contributed by atoms with Gasteiger partial charge in [0.15, 0.2) is 11.6 Å². The molecule has 0 aliphatic carbocycles. The summed E-state index contributed by atoms with van der Waals surface area (Å²) in [5, 5.41) is 3.18. The van der Waals surface area contributed by atoms with Crippen molar-refractivity contribution in [1.29, 1.82) is 0 Å². The molecule has 0 spiro atoms. The van der Waals surface area contributed by atoms with Crippen molar-refractivity contribution in [2.75, 3.05) is 45.8 Å². The number of halogens is 2. The molecule has 7 nitrogen and oxygen atoms in total. The molecule has 1 amide bonds. The summed E-state index contributed by atoms with van der Waals surface area (Å²) in [4.78, 5) is 16.3. The lowest BCUT2D eigenvalue weighted by Gasteiger charge is -2.40. The molecule has 2 atom stereocenters. The summed E-state index contributed by atoms with van der Waals surface area (Å²) < 4.78 is 55.0. The van der Waals surface area contributed by atoms with Gasteiger partial charge in [-0.3, -0.25) is 9.69 Å². The zero-order valence-corrected chi connectivity index (χ0v) is 19.7. The molecule has 0 radical (unpaired) electrons. The fourth-order valence-electron chi connectivity index (χ4n) is 4.57. The molecule has 32 heavy (non-hydrogen) atoms. The minimum absolute atomic E-state index is 0.000687. The number of piperazine rings is 1. The Morgan fingerprint density at radius 3 is 2.38 bits per heavy atom. The molecule has 0 unspecified atom stereocenters. The van der Waals surface area contributed by atoms with E-state index in [0.717, 1.165) is 31.4 Å². The number of amides is 1. The summed E-state index contributed by atoms with van der Waals surface area (Å²) in [5.41, 5.74) is 0. The van der Waals surface area contributed by atoms with Crippen LogP contribution in [0.2, 0.25) is 0 Å². The number of nitrogens with one attached hydrogen (secondary N) is 1. The normalized spacial score (nSPS) is 23.0. The second-order valence-electron chi connectivity index (χ2n) is 8.73. The van der Waals surface area contributed by atoms with Crippen LogP contribution >= 0.6 is 0 Å². The van der Waals surface area contributed by atoms with Crippen LogP contribution in [0.25, 0.3) is 0 Å². The SMILES string of the molecule is C[C@@H]1CCC[C@@H](C)N1CCN(CCC(=O)N1CCNCC1)S(=O)(=O)c1ccc(F)c(F)c1. The predicted molar refractivity (Wildman–Crippen MR) is 119 cm³/mol. The van der Waals surface area contributed by atoms with Gasteiger partial charge in [0.25, 0.3) is 0 Å². The van der Waals surface area contributed by atoms with Gasteiger partial charge in [-0.1, -0.05) is 6.42 Å². The van der Waals surface area contributed by atoms with E-state index in [1.54, 1.807) is 4.90 Å². The quantitative estimate of drug-likeness (QED) is 0.627. The van der Waals surface area contributed by atoms with E-state index >= 15 is 0 Å². The lowest BCUT2D eigenvalue weighted by atomic mass is 9.98. The molecule has 0 aromatic heterocycles. The topological polar surface area (TPSA) is 73.0 Å². The molecule has 2 saturated heterocycles. The zero-order chi connectivity index (χ0) is 23.3. The van der Waals surface area contributed by atoms with Crippen LogP contribution in [-0.4, -0.2) is 86.3 Å². The number of hydrogen-bond acceptors (Lipinski definition) is 5. The molecule has 180 valence electrons. The van der Waals surface area contributed by atoms with E-state index < -0.39 is 21.7 Å². The van der Waals surface area contributed by atoms with Crippen molar-refractivity contribution < 1.29 is 22.0 Å². The lowest BCUT2D eigenvalue weighted by molar-refractivity contribution is -0.131. The molecule has 1 aromatic carbocycles. The molecule has 10 heteroatoms. The Hall–Kier alpha value is -1.62. The minimum atomic E-state index is -4.09. The van der Waals surface area contributed by atoms with E-state index in [4.69, 9.17) is 0 Å². The summed E-state index contributed by atoms with van der Waals surface area (Å²) in [6.45, 7) is 7.60. The first-order valence-corrected chi connectivity index (χ1v) is 12.8. The number of rotatable bonds is 8. The Kier molecular flexibility index (Phi) is 8.60. The fourth-order valence-corrected chi connectivity index (χ4v) is 6.02. The Morgan fingerprint density at radius 1 is 1.09 bits per heavy atom. The Labute approximate surface area is 189 Å². The Morgan fingerprint density at radius 2 is 1.75 bits per heavy atom. The molecule has 2 aliphatic rings. The molecule has 1 N–H and O–H groups in total. The molecule has 2 fully saturated rings. The van der Waals surface area contributed by atoms with Crippen LogP contribution in [0.4, 0.5) is 8.78 Å². The summed E-state index contributed by atoms with van der Waals surface area (Å²) in [7, 11) is -4.09. The van der Waals surface area contributed by atoms with Crippen LogP contribution in [-0.2, 0) is 14.8 Å². The number of carbonyl (C=O) groups excluding carboxylic acids is 1. The second-order valence-corrected chi connectivity index (χ2v) is 10.7. The molecule has 0 bridgehead atoms. The molecule has 2 aliphatic heterocycles. The Bertz CT molecular complexity index is 883. The van der Waals surface area contributed by atoms with Crippen LogP contribution in [0.3, 0.4) is 0 Å². The van der Waals surface area contributed by atoms with Gasteiger partial charge >= 0.3 is 0 Å². The highest BCUT2D eigenvalue weighted by Crippen LogP contribution is 2.24. The number of benzene rings is 1. The van der Waals surface area contributed by atoms with Crippen molar-refractivity contribution >= 4 is 15.9 Å². The monoisotopic (exact) mass is 472 g/mol. The van der Waals surface area contributed by atoms with Gasteiger partial charge in [0.05, 0.1) is 4.90 Å². The highest BCUT2D eigenvalue weighted by atomic mass is 32.2. The molecule has 2 heterocycles. The van der Waals surface area contributed by atoms with Crippen molar-refractivity contribution in [3.8, 4) is 0 Å². The average molecular weight is 473 g/mol. The number of hydrogen-bond donors (Lipinski definition) is 1. The number of nitrogens with zero attached hydrogens (tertiary/aromatic N) is 3. The second kappa shape index (κ2) is 11.0. The summed E-state index contributed by atoms with van der Waals surface area (Å²) in [6.07, 6.45) is 3.31. The van der Waals surface area contributed by atoms with E-state index in [0.29, 0.717) is 50.9 Å². The summed E-state index contributed by atoms with van der Waals surface area (Å²) in [5.74, 6) is -2.40. The van der Waals surface area contributed by atoms with E-state index in [-0.39, 0.29) is 30.3 Å². The first kappa shape index (κ1) is 25.0. The van der Waals surface area contributed by atoms with Gasteiger partial charge in [-0.15, -0.1) is 0 Å². The maximum atomic E-state index is 13.8. The van der Waals surface area contributed by atoms with Gasteiger partial charge in [0.2, 0.25) is 15.9 Å². The Balaban J connectivity index is 1.76. The first-order valence-electron chi connectivity index (χ1n) is 11.4. The maximum Gasteiger partial charge on any atom is 0.243 e. The van der Waals surface area contributed by atoms with Gasteiger partial charge in [-0.05, 0) is 44.9 Å². The van der Waals surface area contributed by atoms with E-state index in [1.807, 2.05) is 0 Å². The lowest BCUT2D eigenvalue weighted by Crippen LogP contribution is -2.49. The number of piperidine rings is 1. The van der Waals surface area contributed by atoms with Crippen molar-refractivity contribution in [2.45, 2.75) is 56.5 Å². The number of likely N-dealkylation sites (tertiary alicyclic amines) is 1. The molecular formula is C22H34F2N4O3S. The van der Waals surface area contributed by atoms with E-state index in [2.05, 4.69) is 24.1 Å². The van der Waals surface area contributed by atoms with Crippen LogP contribution in [0, 0.1) is 11.6 Å². The maximum absolute atomic E-state index is 13.8. The van der Waals surface area contributed by atoms with E-state index in [9.17, 15) is 22.0 Å². The largest absolute Gasteiger partial charge is 0.340 e. The van der Waals surface area contributed by atoms with Crippen LogP contribution < -0.4 is 5.32 Å². The number of sulfonamides is 1. The van der Waals surface area contributed by atoms with Crippen molar-refractivity contribution in [1.82, 2.24) is 19.4 Å². The average Bonchev–Trinajstić information content (AvgIpc) is 2.77. The fraction of sp³-hybridized carbons (Fsp3) is 0.682. The summed E-state index contributed by atoms with van der Waals surface area (Å²) in [6, 6.07) is 3.29. The van der Waals surface area contributed by atoms with Gasteiger partial charge in [-0.2, -0.15) is 4.31 Å². The van der Waals surface area contributed by atoms with Crippen LogP contribution in [0.5, 0.6) is 0 Å². The standard InChI is InChI=1S/C22H34F2N4O3S/c1-17-4-3-5-18(2)28(17)15-14-27(11-8-22(29)26-12-9-25-10-13-26)32(30,31)19-6-7-20(23)21(24)16-19/h6-7,16-18,25H,3-5,8-15H2,1-2H3/t17-,18-/m1/s1. The van der Waals surface area contributed by atoms with Crippen molar-refractivity contribution in [3.63, 3.8) is 0 Å². The highest BCUT2D eigenvalue weighted by molar-refractivity contribution is 7.89. The molecule has 1 aromatic rings. The highest BCUT2D eigenvalue weighted by Gasteiger charge is 2.30. The van der Waals surface area contributed by atoms with Gasteiger partial charge < -0.3 is 10.2 Å². The van der Waals surface area contributed by atoms with Gasteiger partial charge in [0, 0.05) is 64.3 Å². The van der Waals surface area contributed by atoms with Gasteiger partial charge in [0.1, 0.15) is 0 Å². The van der Waals surface area contributed by atoms with Crippen molar-refractivity contribution in [2.24, 2.45) is 0 Å². The first-order chi connectivity index (χ1) is 15.2. The minimum Gasteiger partial charge on any atom is -0.340 e. The summed E-state index contributed by atoms with van der Waals surface area (Å²) >= 11 is 0. The number of carbonyl (C=O) groups is 1. The molecule has 3 rings (SSSR count). The third kappa shape index (κ3) is 6.03. The smallest absolute Gasteiger partial charge is 0.243 e. The third-order valence-corrected chi connectivity index (χ3v) is 8.45.